The number of carboxylic acids is 1. The van der Waals surface area contributed by atoms with Crippen LogP contribution in [-0.2, 0) is 9.59 Å². The Labute approximate surface area is 60.0 Å². The smallest absolute Gasteiger partial charge is 0.349 e. The molecule has 0 aliphatic carbocycles. The zero-order chi connectivity index (χ0) is 9.23. The number of nitrogens with two attached hydrogens (primary N) is 2. The number of hydrogen-bond donors (Lipinski definition) is 3. The van der Waals surface area contributed by atoms with Gasteiger partial charge in [-0.05, 0) is 0 Å². The first-order valence-electron chi connectivity index (χ1n) is 2.46. The molecule has 1 amide bonds. The molecule has 64 valence electrons. The third kappa shape index (κ3) is 1.84. The van der Waals surface area contributed by atoms with E-state index >= 15 is 0 Å². The molecule has 0 aliphatic heterocycles. The van der Waals surface area contributed by atoms with E-state index in [0.717, 1.165) is 0 Å². The SMILES string of the molecule is NC(=O)C(F)(F)C(N)C(=O)O. The van der Waals surface area contributed by atoms with Gasteiger partial charge in [0.1, 0.15) is 0 Å². The van der Waals surface area contributed by atoms with Crippen LogP contribution in [0.2, 0.25) is 0 Å². The van der Waals surface area contributed by atoms with Crippen LogP contribution < -0.4 is 11.5 Å². The summed E-state index contributed by atoms with van der Waals surface area (Å²) < 4.78 is 24.4. The molecule has 0 saturated heterocycles. The van der Waals surface area contributed by atoms with Gasteiger partial charge >= 0.3 is 11.9 Å². The second-order valence-electron chi connectivity index (χ2n) is 1.80. The van der Waals surface area contributed by atoms with Crippen molar-refractivity contribution in [2.45, 2.75) is 12.0 Å². The van der Waals surface area contributed by atoms with E-state index in [1.54, 1.807) is 0 Å². The molecule has 0 saturated carbocycles. The van der Waals surface area contributed by atoms with Crippen LogP contribution >= 0.6 is 0 Å². The predicted octanol–water partition coefficient (Wildman–Crippen LogP) is -1.48. The van der Waals surface area contributed by atoms with Crippen molar-refractivity contribution in [1.29, 1.82) is 0 Å². The molecule has 0 aromatic heterocycles. The summed E-state index contributed by atoms with van der Waals surface area (Å²) in [5.74, 6) is -8.23. The Morgan fingerprint density at radius 1 is 1.45 bits per heavy atom. The standard InChI is InChI=1S/C4H6F2N2O3/c5-4(6,3(8)11)1(7)2(9)10/h1H,7H2,(H2,8,11)(H,9,10). The molecule has 0 aromatic rings. The molecule has 1 unspecified atom stereocenters. The number of carbonyl (C=O) groups excluding carboxylic acids is 1. The van der Waals surface area contributed by atoms with Gasteiger partial charge in [0.2, 0.25) is 0 Å². The highest BCUT2D eigenvalue weighted by molar-refractivity contribution is 5.89. The normalized spacial score (nSPS) is 14.1. The van der Waals surface area contributed by atoms with E-state index in [0.29, 0.717) is 0 Å². The molecular weight excluding hydrogens is 162 g/mol. The second kappa shape index (κ2) is 2.79. The third-order valence-corrected chi connectivity index (χ3v) is 0.985. The Morgan fingerprint density at radius 3 is 1.91 bits per heavy atom. The molecule has 0 radical (unpaired) electrons. The molecule has 11 heavy (non-hydrogen) atoms. The van der Waals surface area contributed by atoms with Gasteiger partial charge in [-0.1, -0.05) is 0 Å². The van der Waals surface area contributed by atoms with Crippen molar-refractivity contribution in [2.24, 2.45) is 11.5 Å². The van der Waals surface area contributed by atoms with Crippen LogP contribution in [0.1, 0.15) is 0 Å². The molecule has 0 fully saturated rings. The van der Waals surface area contributed by atoms with Crippen LogP contribution in [-0.4, -0.2) is 28.9 Å². The van der Waals surface area contributed by atoms with Crippen molar-refractivity contribution in [3.05, 3.63) is 0 Å². The quantitative estimate of drug-likeness (QED) is 0.477. The van der Waals surface area contributed by atoms with Crippen LogP contribution in [0.15, 0.2) is 0 Å². The summed E-state index contributed by atoms with van der Waals surface area (Å²) in [6.07, 6.45) is 0. The zero-order valence-corrected chi connectivity index (χ0v) is 5.25. The lowest BCUT2D eigenvalue weighted by molar-refractivity contribution is -0.158. The van der Waals surface area contributed by atoms with Gasteiger partial charge < -0.3 is 16.6 Å². The van der Waals surface area contributed by atoms with E-state index in [1.165, 1.54) is 0 Å². The number of hydrogen-bond acceptors (Lipinski definition) is 3. The summed E-state index contributed by atoms with van der Waals surface area (Å²) in [5, 5.41) is 7.95. The van der Waals surface area contributed by atoms with Gasteiger partial charge in [-0.15, -0.1) is 0 Å². The molecule has 7 heteroatoms. The largest absolute Gasteiger partial charge is 0.480 e. The highest BCUT2D eigenvalue weighted by Gasteiger charge is 2.47. The average Bonchev–Trinajstić information content (AvgIpc) is 1.85. The molecule has 0 bridgehead atoms. The number of primary amides is 1. The van der Waals surface area contributed by atoms with Gasteiger partial charge in [0.25, 0.3) is 5.91 Å². The fourth-order valence-electron chi connectivity index (χ4n) is 0.308. The van der Waals surface area contributed by atoms with Gasteiger partial charge in [0.15, 0.2) is 6.04 Å². The van der Waals surface area contributed by atoms with Crippen molar-refractivity contribution in [2.75, 3.05) is 0 Å². The van der Waals surface area contributed by atoms with Gasteiger partial charge in [0.05, 0.1) is 0 Å². The number of carboxylic acid groups (broad SMARTS) is 1. The predicted molar refractivity (Wildman–Crippen MR) is 29.8 cm³/mol. The van der Waals surface area contributed by atoms with Crippen LogP contribution in [0, 0.1) is 0 Å². The number of carbonyl (C=O) groups is 2. The van der Waals surface area contributed by atoms with Crippen LogP contribution in [0.5, 0.6) is 0 Å². The van der Waals surface area contributed by atoms with E-state index < -0.39 is 23.8 Å². The number of amides is 1. The van der Waals surface area contributed by atoms with E-state index in [-0.39, 0.29) is 0 Å². The first-order valence-corrected chi connectivity index (χ1v) is 2.46. The number of rotatable bonds is 3. The van der Waals surface area contributed by atoms with Crippen molar-refractivity contribution in [3.8, 4) is 0 Å². The minimum atomic E-state index is -4.20. The van der Waals surface area contributed by atoms with Gasteiger partial charge in [-0.2, -0.15) is 8.78 Å². The summed E-state index contributed by atoms with van der Waals surface area (Å²) >= 11 is 0. The fraction of sp³-hybridized carbons (Fsp3) is 0.500. The highest BCUT2D eigenvalue weighted by Crippen LogP contribution is 2.16. The maximum Gasteiger partial charge on any atom is 0.349 e. The van der Waals surface area contributed by atoms with Gasteiger partial charge in [-0.25, -0.2) is 0 Å². The van der Waals surface area contributed by atoms with E-state index in [9.17, 15) is 18.4 Å². The first-order chi connectivity index (χ1) is 4.80. The van der Waals surface area contributed by atoms with E-state index in [2.05, 4.69) is 11.5 Å². The molecule has 0 heterocycles. The Bertz CT molecular complexity index is 194. The summed E-state index contributed by atoms with van der Waals surface area (Å²) in [5.41, 5.74) is 8.62. The summed E-state index contributed by atoms with van der Waals surface area (Å²) in [7, 11) is 0. The minimum Gasteiger partial charge on any atom is -0.480 e. The van der Waals surface area contributed by atoms with Gasteiger partial charge in [0, 0.05) is 0 Å². The number of alkyl halides is 2. The molecule has 0 aromatic carbocycles. The maximum absolute atomic E-state index is 12.2. The molecule has 0 rings (SSSR count). The van der Waals surface area contributed by atoms with Crippen molar-refractivity contribution >= 4 is 11.9 Å². The van der Waals surface area contributed by atoms with E-state index in [1.807, 2.05) is 0 Å². The lowest BCUT2D eigenvalue weighted by Gasteiger charge is -2.15. The summed E-state index contributed by atoms with van der Waals surface area (Å²) in [6.45, 7) is 0. The molecular formula is C4H6F2N2O3. The van der Waals surface area contributed by atoms with Crippen LogP contribution in [0.25, 0.3) is 0 Å². The lowest BCUT2D eigenvalue weighted by atomic mass is 10.1. The second-order valence-corrected chi connectivity index (χ2v) is 1.80. The van der Waals surface area contributed by atoms with Crippen LogP contribution in [0.3, 0.4) is 0 Å². The molecule has 1 atom stereocenters. The molecule has 5 nitrogen and oxygen atoms in total. The minimum absolute atomic E-state index is 1.98. The molecule has 0 aliphatic rings. The average molecular weight is 168 g/mol. The van der Waals surface area contributed by atoms with Crippen molar-refractivity contribution in [3.63, 3.8) is 0 Å². The molecule has 5 N–H and O–H groups in total. The topological polar surface area (TPSA) is 106 Å². The highest BCUT2D eigenvalue weighted by atomic mass is 19.3. The van der Waals surface area contributed by atoms with Crippen molar-refractivity contribution < 1.29 is 23.5 Å². The summed E-state index contributed by atoms with van der Waals surface area (Å²) in [6, 6.07) is -2.58. The maximum atomic E-state index is 12.2. The first kappa shape index (κ1) is 9.76. The lowest BCUT2D eigenvalue weighted by Crippen LogP contribution is -2.54. The molecule has 0 spiro atoms. The number of aliphatic carboxylic acids is 1. The van der Waals surface area contributed by atoms with Crippen LogP contribution in [0.4, 0.5) is 8.78 Å². The zero-order valence-electron chi connectivity index (χ0n) is 5.25. The Balaban J connectivity index is 4.55. The summed E-state index contributed by atoms with van der Waals surface area (Å²) in [4.78, 5) is 19.7. The number of halogens is 2. The Hall–Kier alpha value is -1.24. The van der Waals surface area contributed by atoms with E-state index in [4.69, 9.17) is 5.11 Å². The van der Waals surface area contributed by atoms with Gasteiger partial charge in [-0.3, -0.25) is 9.59 Å². The Kier molecular flexibility index (Phi) is 2.47. The fourth-order valence-corrected chi connectivity index (χ4v) is 0.308. The monoisotopic (exact) mass is 168 g/mol. The third-order valence-electron chi connectivity index (χ3n) is 0.985. The Morgan fingerprint density at radius 2 is 1.82 bits per heavy atom. The van der Waals surface area contributed by atoms with Crippen molar-refractivity contribution in [1.82, 2.24) is 0 Å².